The summed E-state index contributed by atoms with van der Waals surface area (Å²) in [4.78, 5) is 15.0. The van der Waals surface area contributed by atoms with Gasteiger partial charge in [-0.05, 0) is 44.3 Å². The fourth-order valence-corrected chi connectivity index (χ4v) is 4.08. The number of carbonyl (C=O) groups excluding carboxylic acids is 1. The second kappa shape index (κ2) is 11.9. The predicted octanol–water partition coefficient (Wildman–Crippen LogP) is 3.07. The lowest BCUT2D eigenvalue weighted by molar-refractivity contribution is -0.123. The van der Waals surface area contributed by atoms with Crippen LogP contribution in [0.1, 0.15) is 50.1 Å². The Morgan fingerprint density at radius 3 is 2.37 bits per heavy atom. The van der Waals surface area contributed by atoms with Crippen LogP contribution in [0, 0.1) is 0 Å². The molecule has 1 amide bonds. The van der Waals surface area contributed by atoms with Gasteiger partial charge in [0.05, 0.1) is 0 Å². The fraction of sp³-hybridized carbons (Fsp3) is 0.650. The Kier molecular flexibility index (Phi) is 10.6. The molecule has 154 valence electrons. The summed E-state index contributed by atoms with van der Waals surface area (Å²) in [6, 6.07) is 9.59. The largest absolute Gasteiger partial charge is 0.381 e. The highest BCUT2D eigenvalue weighted by Crippen LogP contribution is 2.30. The molecule has 1 aromatic rings. The van der Waals surface area contributed by atoms with E-state index in [2.05, 4.69) is 10.2 Å². The molecule has 5 nitrogen and oxygen atoms in total. The molecule has 2 aliphatic heterocycles. The number of halogens is 2. The Balaban J connectivity index is 0.00000182. The number of carbonyl (C=O) groups is 1. The third-order valence-electron chi connectivity index (χ3n) is 5.70. The SMILES string of the molecule is Cl.Cl.NC(CC(=O)NCC1(N2CCCCC2)CCOCC1)c1ccccc1. The molecule has 3 N–H and O–H groups in total. The van der Waals surface area contributed by atoms with Crippen molar-refractivity contribution < 1.29 is 9.53 Å². The summed E-state index contributed by atoms with van der Waals surface area (Å²) in [6.45, 7) is 4.56. The Morgan fingerprint density at radius 2 is 1.74 bits per heavy atom. The van der Waals surface area contributed by atoms with Crippen LogP contribution in [0.4, 0.5) is 0 Å². The number of hydrogen-bond acceptors (Lipinski definition) is 4. The van der Waals surface area contributed by atoms with Gasteiger partial charge in [0.1, 0.15) is 0 Å². The van der Waals surface area contributed by atoms with Crippen LogP contribution in [-0.4, -0.2) is 49.2 Å². The van der Waals surface area contributed by atoms with Gasteiger partial charge < -0.3 is 15.8 Å². The van der Waals surface area contributed by atoms with E-state index in [1.165, 1.54) is 19.3 Å². The molecule has 0 spiro atoms. The highest BCUT2D eigenvalue weighted by Gasteiger charge is 2.39. The van der Waals surface area contributed by atoms with Crippen molar-refractivity contribution in [3.05, 3.63) is 35.9 Å². The van der Waals surface area contributed by atoms with E-state index in [1.54, 1.807) is 0 Å². The van der Waals surface area contributed by atoms with Crippen molar-refractivity contribution in [2.24, 2.45) is 5.73 Å². The average Bonchev–Trinajstić information content (AvgIpc) is 2.68. The van der Waals surface area contributed by atoms with Crippen LogP contribution in [0.25, 0.3) is 0 Å². The second-order valence-corrected chi connectivity index (χ2v) is 7.38. The third-order valence-corrected chi connectivity index (χ3v) is 5.70. The normalized spacial score (nSPS) is 20.6. The van der Waals surface area contributed by atoms with Crippen molar-refractivity contribution >= 4 is 30.7 Å². The number of piperidine rings is 1. The van der Waals surface area contributed by atoms with Crippen molar-refractivity contribution in [2.75, 3.05) is 32.8 Å². The monoisotopic (exact) mass is 417 g/mol. The maximum atomic E-state index is 12.5. The lowest BCUT2D eigenvalue weighted by Gasteiger charge is -2.48. The van der Waals surface area contributed by atoms with Crippen LogP contribution in [0.5, 0.6) is 0 Å². The zero-order valence-corrected chi connectivity index (χ0v) is 17.5. The minimum Gasteiger partial charge on any atom is -0.381 e. The second-order valence-electron chi connectivity index (χ2n) is 7.38. The molecule has 0 saturated carbocycles. The summed E-state index contributed by atoms with van der Waals surface area (Å²) >= 11 is 0. The van der Waals surface area contributed by atoms with Gasteiger partial charge in [-0.2, -0.15) is 0 Å². The summed E-state index contributed by atoms with van der Waals surface area (Å²) in [5.74, 6) is 0.0410. The van der Waals surface area contributed by atoms with E-state index in [9.17, 15) is 4.79 Å². The molecule has 2 saturated heterocycles. The van der Waals surface area contributed by atoms with Crippen LogP contribution in [0.2, 0.25) is 0 Å². The van der Waals surface area contributed by atoms with Crippen molar-refractivity contribution in [1.29, 1.82) is 0 Å². The summed E-state index contributed by atoms with van der Waals surface area (Å²) in [6.07, 6.45) is 6.17. The van der Waals surface area contributed by atoms with Gasteiger partial charge in [0.2, 0.25) is 5.91 Å². The Bertz CT molecular complexity index is 547. The average molecular weight is 418 g/mol. The van der Waals surface area contributed by atoms with Gasteiger partial charge in [0, 0.05) is 37.8 Å². The van der Waals surface area contributed by atoms with Gasteiger partial charge in [-0.15, -0.1) is 24.8 Å². The van der Waals surface area contributed by atoms with Crippen LogP contribution in [-0.2, 0) is 9.53 Å². The molecule has 2 aliphatic rings. The Labute approximate surface area is 175 Å². The van der Waals surface area contributed by atoms with E-state index in [0.717, 1.165) is 44.7 Å². The van der Waals surface area contributed by atoms with Crippen LogP contribution < -0.4 is 11.1 Å². The molecule has 27 heavy (non-hydrogen) atoms. The molecule has 0 bridgehead atoms. The number of rotatable bonds is 6. The van der Waals surface area contributed by atoms with Crippen molar-refractivity contribution in [1.82, 2.24) is 10.2 Å². The van der Waals surface area contributed by atoms with Gasteiger partial charge >= 0.3 is 0 Å². The first-order valence-electron chi connectivity index (χ1n) is 9.60. The van der Waals surface area contributed by atoms with Gasteiger partial charge in [0.25, 0.3) is 0 Å². The molecule has 1 atom stereocenters. The topological polar surface area (TPSA) is 67.6 Å². The number of nitrogens with zero attached hydrogens (tertiary/aromatic N) is 1. The lowest BCUT2D eigenvalue weighted by atomic mass is 9.86. The van der Waals surface area contributed by atoms with Gasteiger partial charge in [-0.1, -0.05) is 36.8 Å². The van der Waals surface area contributed by atoms with Crippen LogP contribution >= 0.6 is 24.8 Å². The van der Waals surface area contributed by atoms with Crippen LogP contribution in [0.15, 0.2) is 30.3 Å². The zero-order chi connectivity index (χ0) is 17.5. The predicted molar refractivity (Wildman–Crippen MR) is 114 cm³/mol. The molecule has 1 unspecified atom stereocenters. The van der Waals surface area contributed by atoms with E-state index >= 15 is 0 Å². The fourth-order valence-electron chi connectivity index (χ4n) is 4.08. The molecule has 7 heteroatoms. The quantitative estimate of drug-likeness (QED) is 0.745. The molecule has 0 aliphatic carbocycles. The third kappa shape index (κ3) is 6.61. The number of hydrogen-bond donors (Lipinski definition) is 2. The van der Waals surface area contributed by atoms with E-state index < -0.39 is 0 Å². The maximum absolute atomic E-state index is 12.5. The zero-order valence-electron chi connectivity index (χ0n) is 15.9. The van der Waals surface area contributed by atoms with Gasteiger partial charge in [0.15, 0.2) is 0 Å². The Hall–Kier alpha value is -0.850. The van der Waals surface area contributed by atoms with Gasteiger partial charge in [-0.3, -0.25) is 9.69 Å². The highest BCUT2D eigenvalue weighted by molar-refractivity contribution is 5.85. The summed E-state index contributed by atoms with van der Waals surface area (Å²) in [5, 5.41) is 3.18. The minimum atomic E-state index is -0.248. The number of amides is 1. The van der Waals surface area contributed by atoms with Crippen molar-refractivity contribution in [2.45, 2.75) is 50.1 Å². The first-order valence-corrected chi connectivity index (χ1v) is 9.60. The van der Waals surface area contributed by atoms with E-state index in [-0.39, 0.29) is 42.3 Å². The van der Waals surface area contributed by atoms with E-state index in [1.807, 2.05) is 30.3 Å². The number of nitrogens with two attached hydrogens (primary N) is 1. The molecular weight excluding hydrogens is 385 g/mol. The number of ether oxygens (including phenoxy) is 1. The van der Waals surface area contributed by atoms with Gasteiger partial charge in [-0.25, -0.2) is 0 Å². The smallest absolute Gasteiger partial charge is 0.221 e. The molecule has 0 radical (unpaired) electrons. The molecule has 2 fully saturated rings. The first kappa shape index (κ1) is 24.2. The molecular formula is C20H33Cl2N3O2. The highest BCUT2D eigenvalue weighted by atomic mass is 35.5. The number of benzene rings is 1. The molecule has 3 rings (SSSR count). The minimum absolute atomic E-state index is 0. The standard InChI is InChI=1S/C20H31N3O2.2ClH/c21-18(17-7-3-1-4-8-17)15-19(24)22-16-20(9-13-25-14-10-20)23-11-5-2-6-12-23;;/h1,3-4,7-8,18H,2,5-6,9-16,21H2,(H,22,24);2*1H. The maximum Gasteiger partial charge on any atom is 0.221 e. The lowest BCUT2D eigenvalue weighted by Crippen LogP contribution is -2.59. The summed E-state index contributed by atoms with van der Waals surface area (Å²) in [5.41, 5.74) is 7.26. The van der Waals surface area contributed by atoms with Crippen LogP contribution in [0.3, 0.4) is 0 Å². The van der Waals surface area contributed by atoms with Crippen molar-refractivity contribution in [3.63, 3.8) is 0 Å². The number of nitrogens with one attached hydrogen (secondary N) is 1. The molecule has 0 aromatic heterocycles. The van der Waals surface area contributed by atoms with E-state index in [0.29, 0.717) is 13.0 Å². The molecule has 2 heterocycles. The summed E-state index contributed by atoms with van der Waals surface area (Å²) in [7, 11) is 0. The molecule has 1 aromatic carbocycles. The van der Waals surface area contributed by atoms with Crippen molar-refractivity contribution in [3.8, 4) is 0 Å². The Morgan fingerprint density at radius 1 is 1.11 bits per heavy atom. The first-order chi connectivity index (χ1) is 12.2. The summed E-state index contributed by atoms with van der Waals surface area (Å²) < 4.78 is 5.59. The van der Waals surface area contributed by atoms with E-state index in [4.69, 9.17) is 10.5 Å². The number of likely N-dealkylation sites (tertiary alicyclic amines) is 1.